The number of hydrogen-bond donors (Lipinski definition) is 0. The Balaban J connectivity index is 3.41. The van der Waals surface area contributed by atoms with Crippen LogP contribution in [-0.2, 0) is 0 Å². The Bertz CT molecular complexity index is 343. The molecule has 0 unspecified atom stereocenters. The van der Waals surface area contributed by atoms with E-state index in [1.54, 1.807) is 0 Å². The molecule has 0 aromatic carbocycles. The molecule has 0 aliphatic carbocycles. The molecule has 70 valence electrons. The van der Waals surface area contributed by atoms with Crippen molar-refractivity contribution >= 4 is 17.9 Å². The van der Waals surface area contributed by atoms with Crippen LogP contribution in [0, 0.1) is 5.95 Å². The lowest BCUT2D eigenvalue weighted by Gasteiger charge is -2.05. The summed E-state index contributed by atoms with van der Waals surface area (Å²) in [5.74, 6) is -1.21. The second-order valence-electron chi connectivity index (χ2n) is 2.15. The maximum absolute atomic E-state index is 12.6. The molecule has 0 atom stereocenters. The highest BCUT2D eigenvalue weighted by molar-refractivity contribution is 6.31. The molecular formula is C7H3ClF3NO. The molecule has 1 rings (SSSR count). The highest BCUT2D eigenvalue weighted by Gasteiger charge is 2.20. The average Bonchev–Trinajstić information content (AvgIpc) is 2.08. The van der Waals surface area contributed by atoms with Crippen LogP contribution in [0.15, 0.2) is 6.20 Å². The third kappa shape index (κ3) is 1.80. The van der Waals surface area contributed by atoms with E-state index in [0.717, 1.165) is 6.20 Å². The van der Waals surface area contributed by atoms with Crippen LogP contribution in [0.25, 0.3) is 0 Å². The summed E-state index contributed by atoms with van der Waals surface area (Å²) in [4.78, 5) is 13.3. The fourth-order valence-electron chi connectivity index (χ4n) is 0.806. The van der Waals surface area contributed by atoms with Gasteiger partial charge in [0.15, 0.2) is 6.29 Å². The Labute approximate surface area is 76.3 Å². The number of rotatable bonds is 2. The van der Waals surface area contributed by atoms with Gasteiger partial charge in [-0.15, -0.1) is 0 Å². The van der Waals surface area contributed by atoms with E-state index in [1.165, 1.54) is 0 Å². The van der Waals surface area contributed by atoms with Crippen molar-refractivity contribution < 1.29 is 18.0 Å². The Morgan fingerprint density at radius 3 is 2.62 bits per heavy atom. The normalized spacial score (nSPS) is 10.5. The van der Waals surface area contributed by atoms with Gasteiger partial charge in [0.05, 0.1) is 5.56 Å². The van der Waals surface area contributed by atoms with E-state index in [0.29, 0.717) is 0 Å². The van der Waals surface area contributed by atoms with Gasteiger partial charge in [-0.2, -0.15) is 4.39 Å². The highest BCUT2D eigenvalue weighted by Crippen LogP contribution is 2.30. The van der Waals surface area contributed by atoms with Crippen LogP contribution >= 0.6 is 11.6 Å². The molecule has 1 aromatic heterocycles. The minimum absolute atomic E-state index is 0.153. The van der Waals surface area contributed by atoms with E-state index in [4.69, 9.17) is 11.6 Å². The second kappa shape index (κ2) is 3.74. The maximum atomic E-state index is 12.6. The first kappa shape index (κ1) is 9.98. The van der Waals surface area contributed by atoms with Crippen LogP contribution in [0.5, 0.6) is 0 Å². The topological polar surface area (TPSA) is 30.0 Å². The summed E-state index contributed by atoms with van der Waals surface area (Å²) in [7, 11) is 0. The summed E-state index contributed by atoms with van der Waals surface area (Å²) in [5, 5.41) is -0.806. The summed E-state index contributed by atoms with van der Waals surface area (Å²) in [6.45, 7) is 0. The van der Waals surface area contributed by atoms with Crippen molar-refractivity contribution in [1.29, 1.82) is 0 Å². The molecule has 0 N–H and O–H groups in total. The summed E-state index contributed by atoms with van der Waals surface area (Å²) in [6, 6.07) is 0. The van der Waals surface area contributed by atoms with Gasteiger partial charge in [0.25, 0.3) is 6.43 Å². The Hall–Kier alpha value is -1.10. The maximum Gasteiger partial charge on any atom is 0.266 e. The van der Waals surface area contributed by atoms with Crippen molar-refractivity contribution in [3.63, 3.8) is 0 Å². The minimum Gasteiger partial charge on any atom is -0.298 e. The van der Waals surface area contributed by atoms with E-state index in [1.807, 2.05) is 0 Å². The van der Waals surface area contributed by atoms with Crippen molar-refractivity contribution in [3.8, 4) is 0 Å². The average molecular weight is 210 g/mol. The standard InChI is InChI=1S/C7H3ClF3NO/c8-5-4(6(9)10)3(2-13)1-12-7(5)11/h1-2,6H. The number of carbonyl (C=O) groups excluding carboxylic acids is 1. The number of pyridine rings is 1. The zero-order valence-corrected chi connectivity index (χ0v) is 6.86. The molecule has 0 radical (unpaired) electrons. The Kier molecular flexibility index (Phi) is 2.87. The zero-order valence-electron chi connectivity index (χ0n) is 6.10. The molecule has 6 heteroatoms. The van der Waals surface area contributed by atoms with Gasteiger partial charge < -0.3 is 0 Å². The molecule has 0 aliphatic rings. The van der Waals surface area contributed by atoms with E-state index in [-0.39, 0.29) is 6.29 Å². The van der Waals surface area contributed by atoms with Crippen LogP contribution in [0.1, 0.15) is 22.3 Å². The van der Waals surface area contributed by atoms with Crippen molar-refractivity contribution in [2.75, 3.05) is 0 Å². The number of aldehydes is 1. The lowest BCUT2D eigenvalue weighted by Crippen LogP contribution is -1.99. The molecule has 1 heterocycles. The fraction of sp³-hybridized carbons (Fsp3) is 0.143. The number of aromatic nitrogens is 1. The Morgan fingerprint density at radius 2 is 2.15 bits per heavy atom. The molecule has 1 aromatic rings. The van der Waals surface area contributed by atoms with Gasteiger partial charge in [-0.1, -0.05) is 11.6 Å². The molecule has 2 nitrogen and oxygen atoms in total. The zero-order chi connectivity index (χ0) is 10.0. The molecule has 0 aliphatic heterocycles. The van der Waals surface area contributed by atoms with Crippen LogP contribution in [0.3, 0.4) is 0 Å². The molecule has 0 saturated carbocycles. The SMILES string of the molecule is O=Cc1cnc(F)c(Cl)c1C(F)F. The van der Waals surface area contributed by atoms with Gasteiger partial charge in [-0.3, -0.25) is 4.79 Å². The van der Waals surface area contributed by atoms with Crippen LogP contribution in [-0.4, -0.2) is 11.3 Å². The van der Waals surface area contributed by atoms with Crippen LogP contribution in [0.4, 0.5) is 13.2 Å². The number of alkyl halides is 2. The molecule has 0 bridgehead atoms. The third-order valence-corrected chi connectivity index (χ3v) is 1.75. The number of halogens is 4. The predicted molar refractivity (Wildman–Crippen MR) is 39.5 cm³/mol. The van der Waals surface area contributed by atoms with E-state index in [2.05, 4.69) is 4.98 Å². The van der Waals surface area contributed by atoms with Crippen molar-refractivity contribution in [1.82, 2.24) is 4.98 Å². The molecule has 0 spiro atoms. The number of hydrogen-bond acceptors (Lipinski definition) is 2. The molecule has 13 heavy (non-hydrogen) atoms. The van der Waals surface area contributed by atoms with Gasteiger partial charge >= 0.3 is 0 Å². The number of nitrogens with zero attached hydrogens (tertiary/aromatic N) is 1. The lowest BCUT2D eigenvalue weighted by molar-refractivity contribution is 0.110. The largest absolute Gasteiger partial charge is 0.298 e. The van der Waals surface area contributed by atoms with Crippen molar-refractivity contribution in [3.05, 3.63) is 28.3 Å². The quantitative estimate of drug-likeness (QED) is 0.554. The summed E-state index contributed by atoms with van der Waals surface area (Å²) >= 11 is 5.20. The lowest BCUT2D eigenvalue weighted by atomic mass is 10.1. The van der Waals surface area contributed by atoms with Gasteiger partial charge in [0, 0.05) is 11.8 Å². The van der Waals surface area contributed by atoms with Crippen LogP contribution in [0.2, 0.25) is 5.02 Å². The van der Waals surface area contributed by atoms with E-state index >= 15 is 0 Å². The first-order valence-corrected chi connectivity index (χ1v) is 3.53. The number of carbonyl (C=O) groups is 1. The summed E-state index contributed by atoms with van der Waals surface area (Å²) in [6.07, 6.45) is -2.12. The van der Waals surface area contributed by atoms with Gasteiger partial charge in [-0.25, -0.2) is 13.8 Å². The summed E-state index contributed by atoms with van der Waals surface area (Å²) < 4.78 is 37.0. The smallest absolute Gasteiger partial charge is 0.266 e. The van der Waals surface area contributed by atoms with Gasteiger partial charge in [0.2, 0.25) is 5.95 Å². The van der Waals surface area contributed by atoms with Crippen molar-refractivity contribution in [2.45, 2.75) is 6.43 Å². The fourth-order valence-corrected chi connectivity index (χ4v) is 1.05. The highest BCUT2D eigenvalue weighted by atomic mass is 35.5. The van der Waals surface area contributed by atoms with E-state index < -0.39 is 28.5 Å². The van der Waals surface area contributed by atoms with Crippen LogP contribution < -0.4 is 0 Å². The molecule has 0 saturated heterocycles. The molecular weight excluding hydrogens is 207 g/mol. The first-order valence-electron chi connectivity index (χ1n) is 3.15. The van der Waals surface area contributed by atoms with E-state index in [9.17, 15) is 18.0 Å². The predicted octanol–water partition coefficient (Wildman–Crippen LogP) is 2.62. The third-order valence-electron chi connectivity index (χ3n) is 1.39. The second-order valence-corrected chi connectivity index (χ2v) is 2.53. The minimum atomic E-state index is -3.00. The van der Waals surface area contributed by atoms with Crippen molar-refractivity contribution in [2.24, 2.45) is 0 Å². The Morgan fingerprint density at radius 1 is 1.54 bits per heavy atom. The first-order chi connectivity index (χ1) is 6.07. The molecule has 0 fully saturated rings. The van der Waals surface area contributed by atoms with Gasteiger partial charge in [-0.05, 0) is 0 Å². The monoisotopic (exact) mass is 209 g/mol. The molecule has 0 amide bonds. The summed E-state index contributed by atoms with van der Waals surface area (Å²) in [5.41, 5.74) is -1.22. The van der Waals surface area contributed by atoms with Gasteiger partial charge in [0.1, 0.15) is 5.02 Å².